The first-order chi connectivity index (χ1) is 15.6. The Balaban J connectivity index is 1.64. The van der Waals surface area contributed by atoms with Crippen LogP contribution in [-0.2, 0) is 11.2 Å². The van der Waals surface area contributed by atoms with E-state index in [2.05, 4.69) is 27.9 Å². The van der Waals surface area contributed by atoms with Crippen LogP contribution in [0.2, 0.25) is 0 Å². The number of hydrogen-bond donors (Lipinski definition) is 2. The van der Waals surface area contributed by atoms with Gasteiger partial charge in [0.25, 0.3) is 0 Å². The summed E-state index contributed by atoms with van der Waals surface area (Å²) in [5.41, 5.74) is 5.14. The van der Waals surface area contributed by atoms with Crippen LogP contribution in [0.1, 0.15) is 37.7 Å². The van der Waals surface area contributed by atoms with E-state index >= 15 is 0 Å². The molecule has 32 heavy (non-hydrogen) atoms. The maximum absolute atomic E-state index is 13.4. The molecular formula is C23H27N5O3S. The van der Waals surface area contributed by atoms with Gasteiger partial charge in [0.1, 0.15) is 16.7 Å². The number of rotatable bonds is 8. The number of thioether (sulfide) groups is 1. The predicted molar refractivity (Wildman–Crippen MR) is 125 cm³/mol. The molecule has 4 rings (SSSR count). The summed E-state index contributed by atoms with van der Waals surface area (Å²) in [6.07, 6.45) is 1.76. The number of nitrogens with one attached hydrogen (secondary N) is 2. The quantitative estimate of drug-likeness (QED) is 0.532. The topological polar surface area (TPSA) is 90.3 Å². The van der Waals surface area contributed by atoms with Crippen molar-refractivity contribution in [3.8, 4) is 11.5 Å². The van der Waals surface area contributed by atoms with Crippen LogP contribution in [0.25, 0.3) is 0 Å². The van der Waals surface area contributed by atoms with Gasteiger partial charge in [-0.15, -0.1) is 10.2 Å². The lowest BCUT2D eigenvalue weighted by Gasteiger charge is -2.33. The highest BCUT2D eigenvalue weighted by Crippen LogP contribution is 2.38. The summed E-state index contributed by atoms with van der Waals surface area (Å²) in [6, 6.07) is 14.9. The monoisotopic (exact) mass is 453 g/mol. The Morgan fingerprint density at radius 1 is 1.16 bits per heavy atom. The number of ether oxygens (including phenoxy) is 2. The van der Waals surface area contributed by atoms with Crippen molar-refractivity contribution < 1.29 is 14.3 Å². The molecule has 1 aliphatic rings. The molecule has 8 nitrogen and oxygen atoms in total. The fraction of sp³-hybridized carbons (Fsp3) is 0.348. The first kappa shape index (κ1) is 22.0. The number of hydrogen-bond acceptors (Lipinski definition) is 7. The first-order valence-corrected chi connectivity index (χ1v) is 11.6. The lowest BCUT2D eigenvalue weighted by atomic mass is 10.0. The largest absolute Gasteiger partial charge is 0.497 e. The lowest BCUT2D eigenvalue weighted by molar-refractivity contribution is -0.116. The van der Waals surface area contributed by atoms with Crippen LogP contribution in [0.5, 0.6) is 11.5 Å². The number of anilines is 1. The molecule has 0 aliphatic carbocycles. The van der Waals surface area contributed by atoms with E-state index in [1.165, 1.54) is 11.8 Å². The van der Waals surface area contributed by atoms with Gasteiger partial charge in [-0.3, -0.25) is 4.79 Å². The fourth-order valence-electron chi connectivity index (χ4n) is 3.59. The third kappa shape index (κ3) is 4.67. The van der Waals surface area contributed by atoms with Crippen LogP contribution in [-0.4, -0.2) is 39.7 Å². The number of aromatic nitrogens is 3. The highest BCUT2D eigenvalue weighted by molar-refractivity contribution is 8.00. The number of carbonyl (C=O) groups excluding carboxylic acids is 1. The Morgan fingerprint density at radius 2 is 1.97 bits per heavy atom. The minimum Gasteiger partial charge on any atom is -0.497 e. The zero-order valence-electron chi connectivity index (χ0n) is 18.4. The van der Waals surface area contributed by atoms with Gasteiger partial charge in [0.15, 0.2) is 5.82 Å². The molecular weight excluding hydrogens is 426 g/mol. The standard InChI is InChI=1S/C23H27N5O3S/c1-4-7-19-25-26-23-28(19)27-20(15-10-12-17(13-11-15)31-5-2)21(32-23)22(29)24-16-8-6-9-18(14-16)30-3/h6,8-14,20-21,27H,4-5,7H2,1-3H3,(H,24,29)/t20-,21-/m0/s1. The number of benzene rings is 2. The number of methoxy groups -OCH3 is 1. The van der Waals surface area contributed by atoms with Crippen molar-refractivity contribution in [1.82, 2.24) is 14.9 Å². The molecule has 0 fully saturated rings. The Labute approximate surface area is 191 Å². The zero-order valence-corrected chi connectivity index (χ0v) is 19.2. The van der Waals surface area contributed by atoms with Crippen LogP contribution in [0, 0.1) is 0 Å². The van der Waals surface area contributed by atoms with Crippen LogP contribution < -0.4 is 20.2 Å². The van der Waals surface area contributed by atoms with E-state index in [1.54, 1.807) is 13.2 Å². The van der Waals surface area contributed by atoms with E-state index in [4.69, 9.17) is 9.47 Å². The second-order valence-corrected chi connectivity index (χ2v) is 8.46. The first-order valence-electron chi connectivity index (χ1n) is 10.7. The van der Waals surface area contributed by atoms with Gasteiger partial charge in [-0.25, -0.2) is 4.68 Å². The summed E-state index contributed by atoms with van der Waals surface area (Å²) < 4.78 is 12.8. The maximum atomic E-state index is 13.4. The average molecular weight is 454 g/mol. The normalized spacial score (nSPS) is 17.2. The molecule has 1 amide bonds. The zero-order chi connectivity index (χ0) is 22.5. The molecule has 0 unspecified atom stereocenters. The van der Waals surface area contributed by atoms with Gasteiger partial charge < -0.3 is 20.2 Å². The smallest absolute Gasteiger partial charge is 0.240 e. The van der Waals surface area contributed by atoms with E-state index in [0.29, 0.717) is 23.2 Å². The molecule has 0 spiro atoms. The van der Waals surface area contributed by atoms with Gasteiger partial charge in [0.05, 0.1) is 19.8 Å². The number of carbonyl (C=O) groups is 1. The number of aryl methyl sites for hydroxylation is 1. The summed E-state index contributed by atoms with van der Waals surface area (Å²) in [4.78, 5) is 13.4. The van der Waals surface area contributed by atoms with Crippen molar-refractivity contribution in [1.29, 1.82) is 0 Å². The molecule has 168 valence electrons. The molecule has 0 saturated carbocycles. The van der Waals surface area contributed by atoms with E-state index in [-0.39, 0.29) is 11.9 Å². The Hall–Kier alpha value is -3.20. The summed E-state index contributed by atoms with van der Waals surface area (Å²) in [5, 5.41) is 11.9. The fourth-order valence-corrected chi connectivity index (χ4v) is 4.69. The van der Waals surface area contributed by atoms with Gasteiger partial charge in [-0.05, 0) is 43.2 Å². The molecule has 2 atom stereocenters. The molecule has 0 bridgehead atoms. The van der Waals surface area contributed by atoms with Gasteiger partial charge >= 0.3 is 0 Å². The van der Waals surface area contributed by atoms with Crippen molar-refractivity contribution in [2.24, 2.45) is 0 Å². The van der Waals surface area contributed by atoms with Crippen molar-refractivity contribution >= 4 is 23.4 Å². The molecule has 3 aromatic rings. The second-order valence-electron chi connectivity index (χ2n) is 7.35. The van der Waals surface area contributed by atoms with Crippen LogP contribution >= 0.6 is 11.8 Å². The Kier molecular flexibility index (Phi) is 6.84. The molecule has 9 heteroatoms. The second kappa shape index (κ2) is 9.95. The summed E-state index contributed by atoms with van der Waals surface area (Å²) in [6.45, 7) is 4.66. The molecule has 2 N–H and O–H groups in total. The summed E-state index contributed by atoms with van der Waals surface area (Å²) in [7, 11) is 1.60. The molecule has 1 aromatic heterocycles. The summed E-state index contributed by atoms with van der Waals surface area (Å²) in [5.74, 6) is 2.22. The maximum Gasteiger partial charge on any atom is 0.240 e. The lowest BCUT2D eigenvalue weighted by Crippen LogP contribution is -2.41. The van der Waals surface area contributed by atoms with Gasteiger partial charge in [-0.2, -0.15) is 0 Å². The summed E-state index contributed by atoms with van der Waals surface area (Å²) >= 11 is 1.41. The third-order valence-electron chi connectivity index (χ3n) is 5.12. The van der Waals surface area contributed by atoms with Crippen molar-refractivity contribution in [3.63, 3.8) is 0 Å². The van der Waals surface area contributed by atoms with Crippen molar-refractivity contribution in [3.05, 3.63) is 59.9 Å². The predicted octanol–water partition coefficient (Wildman–Crippen LogP) is 4.04. The molecule has 0 radical (unpaired) electrons. The third-order valence-corrected chi connectivity index (χ3v) is 6.34. The van der Waals surface area contributed by atoms with E-state index in [1.807, 2.05) is 54.1 Å². The minimum atomic E-state index is -0.453. The molecule has 0 saturated heterocycles. The van der Waals surface area contributed by atoms with E-state index in [0.717, 1.165) is 30.0 Å². The molecule has 1 aliphatic heterocycles. The van der Waals surface area contributed by atoms with Crippen LogP contribution in [0.15, 0.2) is 53.7 Å². The van der Waals surface area contributed by atoms with Gasteiger partial charge in [0.2, 0.25) is 11.1 Å². The highest BCUT2D eigenvalue weighted by atomic mass is 32.2. The molecule has 2 aromatic carbocycles. The average Bonchev–Trinajstić information content (AvgIpc) is 3.21. The number of fused-ring (bicyclic) bond motifs is 1. The van der Waals surface area contributed by atoms with E-state index < -0.39 is 5.25 Å². The Bertz CT molecular complexity index is 1070. The SMILES string of the molecule is CCCc1nnc2n1N[C@@H](c1ccc(OCC)cc1)[C@@H](C(=O)Nc1cccc(OC)c1)S2. The van der Waals surface area contributed by atoms with Crippen molar-refractivity contribution in [2.75, 3.05) is 24.5 Å². The van der Waals surface area contributed by atoms with Crippen LogP contribution in [0.3, 0.4) is 0 Å². The Morgan fingerprint density at radius 3 is 2.69 bits per heavy atom. The van der Waals surface area contributed by atoms with Gasteiger partial charge in [0, 0.05) is 18.2 Å². The number of amides is 1. The van der Waals surface area contributed by atoms with Gasteiger partial charge in [-0.1, -0.05) is 36.9 Å². The van der Waals surface area contributed by atoms with E-state index in [9.17, 15) is 4.79 Å². The highest BCUT2D eigenvalue weighted by Gasteiger charge is 2.37. The van der Waals surface area contributed by atoms with Crippen molar-refractivity contribution in [2.45, 2.75) is 43.1 Å². The molecule has 2 heterocycles. The minimum absolute atomic E-state index is 0.124. The number of nitrogens with zero attached hydrogens (tertiary/aromatic N) is 3. The van der Waals surface area contributed by atoms with Crippen LogP contribution in [0.4, 0.5) is 5.69 Å².